The molecular formula is C26H23ClN4O4S. The van der Waals surface area contributed by atoms with Crippen molar-refractivity contribution < 1.29 is 17.9 Å². The number of anilines is 2. The Morgan fingerprint density at radius 1 is 0.917 bits per heavy atom. The lowest BCUT2D eigenvalue weighted by Crippen LogP contribution is -2.13. The highest BCUT2D eigenvalue weighted by molar-refractivity contribution is 7.92. The highest BCUT2D eigenvalue weighted by atomic mass is 35.5. The first kappa shape index (κ1) is 25.2. The third kappa shape index (κ3) is 6.80. The number of aromatic nitrogens is 2. The Bertz CT molecular complexity index is 1440. The predicted molar refractivity (Wildman–Crippen MR) is 140 cm³/mol. The number of halogens is 1. The Labute approximate surface area is 214 Å². The van der Waals surface area contributed by atoms with Gasteiger partial charge in [-0.25, -0.2) is 8.42 Å². The van der Waals surface area contributed by atoms with E-state index in [1.807, 2.05) is 30.3 Å². The van der Waals surface area contributed by atoms with Crippen LogP contribution in [0, 0.1) is 0 Å². The molecule has 0 aliphatic carbocycles. The van der Waals surface area contributed by atoms with E-state index in [9.17, 15) is 13.2 Å². The maximum Gasteiger partial charge on any atom is 0.261 e. The molecule has 8 nitrogen and oxygen atoms in total. The number of hydrogen-bond acceptors (Lipinski definition) is 6. The molecule has 0 atom stereocenters. The molecule has 3 aromatic carbocycles. The van der Waals surface area contributed by atoms with E-state index >= 15 is 0 Å². The maximum absolute atomic E-state index is 12.8. The summed E-state index contributed by atoms with van der Waals surface area (Å²) in [7, 11) is -3.83. The van der Waals surface area contributed by atoms with Crippen molar-refractivity contribution in [2.75, 3.05) is 16.6 Å². The van der Waals surface area contributed by atoms with Crippen LogP contribution in [0.2, 0.25) is 5.02 Å². The normalized spacial score (nSPS) is 11.1. The van der Waals surface area contributed by atoms with Gasteiger partial charge in [0.25, 0.3) is 10.0 Å². The highest BCUT2D eigenvalue weighted by Crippen LogP contribution is 2.24. The third-order valence-corrected chi connectivity index (χ3v) is 6.74. The van der Waals surface area contributed by atoms with Crippen molar-refractivity contribution in [1.82, 2.24) is 10.2 Å². The first-order valence-corrected chi connectivity index (χ1v) is 12.9. The van der Waals surface area contributed by atoms with Gasteiger partial charge in [-0.15, -0.1) is 10.2 Å². The van der Waals surface area contributed by atoms with Crippen molar-refractivity contribution in [3.05, 3.63) is 95.5 Å². The maximum atomic E-state index is 12.8. The van der Waals surface area contributed by atoms with Gasteiger partial charge in [0.2, 0.25) is 11.8 Å². The van der Waals surface area contributed by atoms with E-state index in [1.165, 1.54) is 31.2 Å². The number of nitrogens with one attached hydrogen (secondary N) is 2. The molecule has 10 heteroatoms. The summed E-state index contributed by atoms with van der Waals surface area (Å²) in [5.74, 6) is 0.161. The monoisotopic (exact) mass is 522 g/mol. The van der Waals surface area contributed by atoms with Crippen LogP contribution in [-0.2, 0) is 21.2 Å². The zero-order chi connectivity index (χ0) is 25.5. The lowest BCUT2D eigenvalue weighted by Gasteiger charge is -2.10. The van der Waals surface area contributed by atoms with Gasteiger partial charge in [0.15, 0.2) is 0 Å². The van der Waals surface area contributed by atoms with E-state index in [1.54, 1.807) is 30.3 Å². The van der Waals surface area contributed by atoms with Crippen LogP contribution in [0.25, 0.3) is 11.3 Å². The molecule has 0 radical (unpaired) electrons. The lowest BCUT2D eigenvalue weighted by atomic mass is 10.1. The fraction of sp³-hybridized carbons (Fsp3) is 0.115. The molecular weight excluding hydrogens is 500 g/mol. The van der Waals surface area contributed by atoms with Gasteiger partial charge < -0.3 is 10.1 Å². The Hall–Kier alpha value is -3.95. The Morgan fingerprint density at radius 3 is 2.33 bits per heavy atom. The fourth-order valence-corrected chi connectivity index (χ4v) is 4.53. The zero-order valence-electron chi connectivity index (χ0n) is 19.3. The van der Waals surface area contributed by atoms with Gasteiger partial charge in [-0.05, 0) is 60.2 Å². The molecule has 4 rings (SSSR count). The van der Waals surface area contributed by atoms with Crippen LogP contribution in [0.1, 0.15) is 12.5 Å². The van der Waals surface area contributed by atoms with E-state index < -0.39 is 10.0 Å². The Balaban J connectivity index is 1.39. The molecule has 184 valence electrons. The van der Waals surface area contributed by atoms with Crippen molar-refractivity contribution in [3.8, 4) is 17.1 Å². The number of hydrogen-bond donors (Lipinski definition) is 2. The summed E-state index contributed by atoms with van der Waals surface area (Å²) in [4.78, 5) is 11.2. The number of sulfonamides is 1. The fourth-order valence-electron chi connectivity index (χ4n) is 3.35. The molecule has 36 heavy (non-hydrogen) atoms. The molecule has 0 fully saturated rings. The first-order chi connectivity index (χ1) is 17.3. The van der Waals surface area contributed by atoms with Crippen LogP contribution in [0.15, 0.2) is 89.8 Å². The van der Waals surface area contributed by atoms with Gasteiger partial charge in [0, 0.05) is 41.4 Å². The minimum Gasteiger partial charge on any atom is -0.476 e. The van der Waals surface area contributed by atoms with E-state index in [4.69, 9.17) is 16.3 Å². The van der Waals surface area contributed by atoms with Gasteiger partial charge in [-0.1, -0.05) is 35.9 Å². The molecule has 0 aliphatic rings. The van der Waals surface area contributed by atoms with Crippen LogP contribution in [0.4, 0.5) is 11.4 Å². The van der Waals surface area contributed by atoms with E-state index in [0.29, 0.717) is 46.6 Å². The summed E-state index contributed by atoms with van der Waals surface area (Å²) < 4.78 is 33.8. The standard InChI is InChI=1S/C26H23ClN4O4S/c1-18(32)28-22-9-11-24(12-10-22)36(33,34)31-23-4-2-3-20(17-23)25-13-14-26(30-29-25)35-16-15-19-5-7-21(27)8-6-19/h2-14,17,31H,15-16H2,1H3,(H,28,32). The number of ether oxygens (including phenoxy) is 1. The second-order valence-electron chi connectivity index (χ2n) is 7.87. The highest BCUT2D eigenvalue weighted by Gasteiger charge is 2.15. The second kappa shape index (κ2) is 11.2. The number of benzene rings is 3. The smallest absolute Gasteiger partial charge is 0.261 e. The van der Waals surface area contributed by atoms with E-state index in [-0.39, 0.29) is 10.8 Å². The molecule has 0 bridgehead atoms. The first-order valence-electron chi connectivity index (χ1n) is 11.0. The summed E-state index contributed by atoms with van der Waals surface area (Å²) >= 11 is 5.90. The molecule has 1 heterocycles. The number of carbonyl (C=O) groups excluding carboxylic acids is 1. The number of rotatable bonds is 9. The van der Waals surface area contributed by atoms with Crippen molar-refractivity contribution >= 4 is 38.9 Å². The summed E-state index contributed by atoms with van der Waals surface area (Å²) in [5.41, 5.74) is 3.26. The minimum absolute atomic E-state index is 0.0712. The molecule has 0 saturated heterocycles. The Kier molecular flexibility index (Phi) is 7.82. The van der Waals surface area contributed by atoms with Gasteiger partial charge in [0.05, 0.1) is 17.2 Å². The summed E-state index contributed by atoms with van der Waals surface area (Å²) in [5, 5.41) is 11.6. The molecule has 4 aromatic rings. The van der Waals surface area contributed by atoms with Crippen molar-refractivity contribution in [2.45, 2.75) is 18.2 Å². The van der Waals surface area contributed by atoms with Crippen LogP contribution < -0.4 is 14.8 Å². The summed E-state index contributed by atoms with van der Waals surface area (Å²) in [6, 6.07) is 23.8. The summed E-state index contributed by atoms with van der Waals surface area (Å²) in [6.45, 7) is 1.83. The molecule has 0 saturated carbocycles. The molecule has 1 aromatic heterocycles. The zero-order valence-corrected chi connectivity index (χ0v) is 20.9. The van der Waals surface area contributed by atoms with Crippen molar-refractivity contribution in [2.24, 2.45) is 0 Å². The third-order valence-electron chi connectivity index (χ3n) is 5.09. The van der Waals surface area contributed by atoms with Gasteiger partial charge in [-0.2, -0.15) is 0 Å². The minimum atomic E-state index is -3.83. The molecule has 1 amide bonds. The largest absolute Gasteiger partial charge is 0.476 e. The van der Waals surface area contributed by atoms with Crippen LogP contribution in [0.5, 0.6) is 5.88 Å². The lowest BCUT2D eigenvalue weighted by molar-refractivity contribution is -0.114. The van der Waals surface area contributed by atoms with Crippen molar-refractivity contribution in [3.63, 3.8) is 0 Å². The van der Waals surface area contributed by atoms with Crippen LogP contribution >= 0.6 is 11.6 Å². The number of amides is 1. The number of nitrogens with zero attached hydrogens (tertiary/aromatic N) is 2. The average Bonchev–Trinajstić information content (AvgIpc) is 2.85. The average molecular weight is 523 g/mol. The molecule has 0 spiro atoms. The number of carbonyl (C=O) groups is 1. The summed E-state index contributed by atoms with van der Waals surface area (Å²) in [6.07, 6.45) is 0.707. The predicted octanol–water partition coefficient (Wildman–Crippen LogP) is 5.18. The van der Waals surface area contributed by atoms with Gasteiger partial charge in [0.1, 0.15) is 0 Å². The molecule has 2 N–H and O–H groups in total. The van der Waals surface area contributed by atoms with E-state index in [0.717, 1.165) is 5.56 Å². The van der Waals surface area contributed by atoms with Gasteiger partial charge in [-0.3, -0.25) is 9.52 Å². The molecule has 0 aliphatic heterocycles. The van der Waals surface area contributed by atoms with Crippen molar-refractivity contribution in [1.29, 1.82) is 0 Å². The quantitative estimate of drug-likeness (QED) is 0.313. The van der Waals surface area contributed by atoms with E-state index in [2.05, 4.69) is 20.2 Å². The second-order valence-corrected chi connectivity index (χ2v) is 9.99. The Morgan fingerprint density at radius 2 is 1.67 bits per heavy atom. The van der Waals surface area contributed by atoms with Gasteiger partial charge >= 0.3 is 0 Å². The SMILES string of the molecule is CC(=O)Nc1ccc(S(=O)(=O)Nc2cccc(-c3ccc(OCCc4ccc(Cl)cc4)nn3)c2)cc1. The van der Waals surface area contributed by atoms with Crippen LogP contribution in [-0.4, -0.2) is 31.1 Å². The molecule has 0 unspecified atom stereocenters. The van der Waals surface area contributed by atoms with Crippen LogP contribution in [0.3, 0.4) is 0 Å². The topological polar surface area (TPSA) is 110 Å².